The van der Waals surface area contributed by atoms with Crippen molar-refractivity contribution < 1.29 is 4.92 Å². The Hall–Kier alpha value is -4.24. The largest absolute Gasteiger partial charge is 0.270 e. The fraction of sp³-hybridized carbons (Fsp3) is 0.0667. The Balaban J connectivity index is 1.87. The van der Waals surface area contributed by atoms with Gasteiger partial charge in [0.15, 0.2) is 0 Å². The van der Waals surface area contributed by atoms with Crippen LogP contribution < -0.4 is 0 Å². The molecule has 0 heterocycles. The number of rotatable bonds is 5. The molecule has 5 rings (SSSR count). The van der Waals surface area contributed by atoms with E-state index in [9.17, 15) is 10.1 Å². The molecule has 3 nitrogen and oxygen atoms in total. The molecule has 0 fully saturated rings. The first-order valence-corrected chi connectivity index (χ1v) is 11.0. The number of benzene rings is 4. The van der Waals surface area contributed by atoms with Crippen molar-refractivity contribution in [3.63, 3.8) is 0 Å². The zero-order valence-corrected chi connectivity index (χ0v) is 18.1. The van der Waals surface area contributed by atoms with Crippen LogP contribution in [-0.2, 0) is 5.54 Å². The summed E-state index contributed by atoms with van der Waals surface area (Å²) in [6, 6.07) is 39.5. The molecule has 33 heavy (non-hydrogen) atoms. The third-order valence-corrected chi connectivity index (χ3v) is 6.27. The third kappa shape index (κ3) is 3.79. The molecule has 0 saturated carbocycles. The van der Waals surface area contributed by atoms with E-state index in [1.165, 1.54) is 0 Å². The minimum absolute atomic E-state index is 0.129. The molecule has 160 valence electrons. The molecular formula is C30H23NO2. The summed E-state index contributed by atoms with van der Waals surface area (Å²) in [6.45, 7) is 0. The average Bonchev–Trinajstić information content (AvgIpc) is 2.90. The van der Waals surface area contributed by atoms with Crippen LogP contribution in [0.15, 0.2) is 127 Å². The van der Waals surface area contributed by atoms with Crippen LogP contribution in [-0.4, -0.2) is 4.92 Å². The highest BCUT2D eigenvalue weighted by atomic mass is 16.6. The standard InChI is InChI=1S/C30H23NO2/c32-31(33)30(26-19-11-4-12-20-26)21-27(23-13-5-1-6-14-23)29(25-17-9-3-10-18-25)28(22-30)24-15-7-2-8-16-24/h1-21H,22H2. The molecule has 1 unspecified atom stereocenters. The van der Waals surface area contributed by atoms with E-state index in [2.05, 4.69) is 12.1 Å². The number of allylic oxidation sites excluding steroid dienone is 2. The molecule has 0 spiro atoms. The highest BCUT2D eigenvalue weighted by Gasteiger charge is 2.47. The minimum atomic E-state index is -1.37. The Morgan fingerprint density at radius 1 is 0.606 bits per heavy atom. The van der Waals surface area contributed by atoms with E-state index in [0.29, 0.717) is 5.56 Å². The molecule has 0 radical (unpaired) electrons. The quantitative estimate of drug-likeness (QED) is 0.248. The van der Waals surface area contributed by atoms with E-state index in [-0.39, 0.29) is 11.3 Å². The van der Waals surface area contributed by atoms with Gasteiger partial charge in [0.1, 0.15) is 0 Å². The second-order valence-corrected chi connectivity index (χ2v) is 8.23. The zero-order chi connectivity index (χ0) is 22.7. The molecule has 4 aromatic rings. The predicted molar refractivity (Wildman–Crippen MR) is 134 cm³/mol. The lowest BCUT2D eigenvalue weighted by atomic mass is 9.71. The van der Waals surface area contributed by atoms with Crippen LogP contribution in [0.5, 0.6) is 0 Å². The molecule has 0 aromatic heterocycles. The summed E-state index contributed by atoms with van der Waals surface area (Å²) in [5.74, 6) is 0. The van der Waals surface area contributed by atoms with Gasteiger partial charge in [-0.25, -0.2) is 0 Å². The maximum Gasteiger partial charge on any atom is 0.270 e. The van der Waals surface area contributed by atoms with Crippen molar-refractivity contribution in [3.05, 3.63) is 160 Å². The highest BCUT2D eigenvalue weighted by molar-refractivity contribution is 6.16. The normalized spacial score (nSPS) is 18.0. The van der Waals surface area contributed by atoms with E-state index in [1.807, 2.05) is 115 Å². The van der Waals surface area contributed by atoms with Gasteiger partial charge in [0.2, 0.25) is 0 Å². The Bertz CT molecular complexity index is 1330. The van der Waals surface area contributed by atoms with Crippen molar-refractivity contribution in [3.8, 4) is 0 Å². The summed E-state index contributed by atoms with van der Waals surface area (Å²) in [5, 5.41) is 12.8. The number of nitro groups is 1. The molecule has 4 aromatic carbocycles. The van der Waals surface area contributed by atoms with Crippen LogP contribution >= 0.6 is 0 Å². The Morgan fingerprint density at radius 2 is 1.06 bits per heavy atom. The van der Waals surface area contributed by atoms with Crippen molar-refractivity contribution >= 4 is 16.7 Å². The summed E-state index contributed by atoms with van der Waals surface area (Å²) in [7, 11) is 0. The van der Waals surface area contributed by atoms with Crippen molar-refractivity contribution in [2.24, 2.45) is 0 Å². The lowest BCUT2D eigenvalue weighted by Gasteiger charge is -2.32. The van der Waals surface area contributed by atoms with Crippen molar-refractivity contribution in [1.82, 2.24) is 0 Å². The van der Waals surface area contributed by atoms with Crippen LogP contribution in [0, 0.1) is 10.1 Å². The highest BCUT2D eigenvalue weighted by Crippen LogP contribution is 2.50. The van der Waals surface area contributed by atoms with Gasteiger partial charge in [0.05, 0.1) is 6.42 Å². The van der Waals surface area contributed by atoms with Crippen LogP contribution in [0.3, 0.4) is 0 Å². The first-order valence-electron chi connectivity index (χ1n) is 11.0. The minimum Gasteiger partial charge on any atom is -0.263 e. The van der Waals surface area contributed by atoms with Gasteiger partial charge >= 0.3 is 0 Å². The van der Waals surface area contributed by atoms with Gasteiger partial charge in [0.25, 0.3) is 5.54 Å². The average molecular weight is 430 g/mol. The molecule has 3 heteroatoms. The van der Waals surface area contributed by atoms with E-state index in [4.69, 9.17) is 0 Å². The Labute approximate surface area is 193 Å². The van der Waals surface area contributed by atoms with E-state index in [0.717, 1.165) is 33.4 Å². The summed E-state index contributed by atoms with van der Waals surface area (Å²) < 4.78 is 0. The maximum atomic E-state index is 12.8. The molecule has 1 aliphatic rings. The Kier molecular flexibility index (Phi) is 5.45. The van der Waals surface area contributed by atoms with Crippen molar-refractivity contribution in [1.29, 1.82) is 0 Å². The van der Waals surface area contributed by atoms with Crippen LogP contribution in [0.25, 0.3) is 16.7 Å². The first-order chi connectivity index (χ1) is 16.2. The fourth-order valence-corrected chi connectivity index (χ4v) is 4.68. The second-order valence-electron chi connectivity index (χ2n) is 8.23. The predicted octanol–water partition coefficient (Wildman–Crippen LogP) is 7.26. The van der Waals surface area contributed by atoms with E-state index >= 15 is 0 Å². The lowest BCUT2D eigenvalue weighted by Crippen LogP contribution is -2.36. The van der Waals surface area contributed by atoms with Crippen LogP contribution in [0.4, 0.5) is 0 Å². The van der Waals surface area contributed by atoms with E-state index < -0.39 is 5.54 Å². The molecule has 0 amide bonds. The summed E-state index contributed by atoms with van der Waals surface area (Å²) in [5.41, 5.74) is 5.24. The van der Waals surface area contributed by atoms with Gasteiger partial charge in [-0.05, 0) is 33.4 Å². The molecule has 0 N–H and O–H groups in total. The van der Waals surface area contributed by atoms with Gasteiger partial charge in [-0.3, -0.25) is 10.1 Å². The first kappa shape index (κ1) is 20.7. The van der Waals surface area contributed by atoms with Gasteiger partial charge in [0, 0.05) is 16.6 Å². The number of hydrogen-bond acceptors (Lipinski definition) is 2. The van der Waals surface area contributed by atoms with E-state index in [1.54, 1.807) is 0 Å². The number of nitrogens with zero attached hydrogens (tertiary/aromatic N) is 1. The third-order valence-electron chi connectivity index (χ3n) is 6.27. The van der Waals surface area contributed by atoms with Gasteiger partial charge < -0.3 is 0 Å². The fourth-order valence-electron chi connectivity index (χ4n) is 4.68. The monoisotopic (exact) mass is 429 g/mol. The molecule has 0 saturated heterocycles. The Morgan fingerprint density at radius 3 is 1.58 bits per heavy atom. The molecular weight excluding hydrogens is 406 g/mol. The SMILES string of the molecule is O=[N+]([O-])C1(c2ccccc2)C=C(c2ccccc2)C(c2ccccc2)=C(c2ccccc2)C1. The van der Waals surface area contributed by atoms with Crippen LogP contribution in [0.2, 0.25) is 0 Å². The molecule has 0 aliphatic heterocycles. The van der Waals surface area contributed by atoms with Crippen molar-refractivity contribution in [2.75, 3.05) is 0 Å². The lowest BCUT2D eigenvalue weighted by molar-refractivity contribution is -0.562. The van der Waals surface area contributed by atoms with Gasteiger partial charge in [-0.2, -0.15) is 0 Å². The van der Waals surface area contributed by atoms with Crippen molar-refractivity contribution in [2.45, 2.75) is 12.0 Å². The summed E-state index contributed by atoms with van der Waals surface area (Å²) in [6.07, 6.45) is 2.14. The molecule has 0 bridgehead atoms. The van der Waals surface area contributed by atoms with Gasteiger partial charge in [-0.1, -0.05) is 121 Å². The molecule has 1 aliphatic carbocycles. The van der Waals surface area contributed by atoms with Gasteiger partial charge in [-0.15, -0.1) is 0 Å². The molecule has 1 atom stereocenters. The second kappa shape index (κ2) is 8.71. The zero-order valence-electron chi connectivity index (χ0n) is 18.1. The smallest absolute Gasteiger partial charge is 0.263 e. The van der Waals surface area contributed by atoms with Crippen LogP contribution in [0.1, 0.15) is 28.7 Å². The summed E-state index contributed by atoms with van der Waals surface area (Å²) >= 11 is 0. The topological polar surface area (TPSA) is 43.1 Å². The summed E-state index contributed by atoms with van der Waals surface area (Å²) in [4.78, 5) is 12.7. The maximum absolute atomic E-state index is 12.8. The number of hydrogen-bond donors (Lipinski definition) is 0.